The first-order chi connectivity index (χ1) is 16.1. The van der Waals surface area contributed by atoms with E-state index in [1.165, 1.54) is 33.3 Å². The molecule has 3 aromatic carbocycles. The number of aryl methyl sites for hydroxylation is 2. The summed E-state index contributed by atoms with van der Waals surface area (Å²) in [4.78, 5) is 11.5. The van der Waals surface area contributed by atoms with Crippen LogP contribution in [-0.2, 0) is 16.1 Å². The highest BCUT2D eigenvalue weighted by Crippen LogP contribution is 2.34. The molecule has 0 saturated heterocycles. The highest BCUT2D eigenvalue weighted by Gasteiger charge is 2.16. The van der Waals surface area contributed by atoms with Gasteiger partial charge in [0.2, 0.25) is 0 Å². The van der Waals surface area contributed by atoms with Crippen LogP contribution in [0.5, 0.6) is 5.75 Å². The third-order valence-corrected chi connectivity index (χ3v) is 5.45. The third-order valence-electron chi connectivity index (χ3n) is 5.45. The molecule has 4 heteroatoms. The lowest BCUT2D eigenvalue weighted by molar-refractivity contribution is -0.145. The highest BCUT2D eigenvalue weighted by molar-refractivity contribution is 5.92. The molecule has 4 nitrogen and oxygen atoms in total. The molecule has 4 rings (SSSR count). The van der Waals surface area contributed by atoms with E-state index in [1.807, 2.05) is 44.2 Å². The number of esters is 1. The Morgan fingerprint density at radius 3 is 2.27 bits per heavy atom. The van der Waals surface area contributed by atoms with Gasteiger partial charge in [-0.25, -0.2) is 4.79 Å². The average molecular weight is 444 g/mol. The molecule has 0 unspecified atom stereocenters. The van der Waals surface area contributed by atoms with Crippen molar-refractivity contribution in [2.24, 2.45) is 0 Å². The molecule has 1 aromatic heterocycles. The lowest BCUT2D eigenvalue weighted by atomic mass is 10.1. The zero-order valence-electron chi connectivity index (χ0n) is 20.2. The summed E-state index contributed by atoms with van der Waals surface area (Å²) in [7, 11) is 0. The van der Waals surface area contributed by atoms with E-state index >= 15 is 0 Å². The number of carbonyl (C=O) groups excluding carboxylic acids is 1. The first-order valence-electron chi connectivity index (χ1n) is 11.6. The van der Waals surface area contributed by atoms with E-state index in [9.17, 15) is 4.79 Å². The summed E-state index contributed by atoms with van der Waals surface area (Å²) in [6.07, 6.45) is 0. The Hall–Kier alpha value is -3.53. The van der Waals surface area contributed by atoms with Crippen LogP contribution in [0.2, 0.25) is 0 Å². The van der Waals surface area contributed by atoms with Gasteiger partial charge in [-0.2, -0.15) is 0 Å². The summed E-state index contributed by atoms with van der Waals surface area (Å²) < 4.78 is 12.8. The Balaban J connectivity index is 0.00000149. The molecular formula is C29H33NO3. The third kappa shape index (κ3) is 5.64. The zero-order chi connectivity index (χ0) is 23.8. The second-order valence-corrected chi connectivity index (χ2v) is 7.68. The maximum absolute atomic E-state index is 11.5. The molecule has 1 heterocycles. The Labute approximate surface area is 196 Å². The van der Waals surface area contributed by atoms with E-state index in [2.05, 4.69) is 60.9 Å². The van der Waals surface area contributed by atoms with Crippen LogP contribution in [0.3, 0.4) is 0 Å². The molecule has 0 spiro atoms. The van der Waals surface area contributed by atoms with E-state index in [4.69, 9.17) is 9.47 Å². The van der Waals surface area contributed by atoms with Crippen LogP contribution in [0.1, 0.15) is 37.5 Å². The standard InChI is InChI=1S/C27H27NO3.C2H6/c1-4-30-26(29)18-31-23-13-11-21(12-14-23)17-28-25-15-10-19(2)16-24(25)20(3)27(28)22-8-6-5-7-9-22;1-2/h5-16H,4,17-18H2,1-3H3;1-2H3. The molecular weight excluding hydrogens is 410 g/mol. The molecule has 172 valence electrons. The summed E-state index contributed by atoms with van der Waals surface area (Å²) >= 11 is 0. The van der Waals surface area contributed by atoms with Crippen molar-refractivity contribution in [3.63, 3.8) is 0 Å². The number of benzene rings is 3. The molecule has 0 aliphatic heterocycles. The molecule has 0 aliphatic carbocycles. The highest BCUT2D eigenvalue weighted by atomic mass is 16.6. The Morgan fingerprint density at radius 1 is 0.909 bits per heavy atom. The Kier molecular flexibility index (Phi) is 8.31. The van der Waals surface area contributed by atoms with Crippen LogP contribution >= 0.6 is 0 Å². The van der Waals surface area contributed by atoms with Crippen molar-refractivity contribution in [2.45, 2.75) is 41.2 Å². The number of aromatic nitrogens is 1. The fourth-order valence-electron chi connectivity index (χ4n) is 3.99. The van der Waals surface area contributed by atoms with Gasteiger partial charge in [0.15, 0.2) is 6.61 Å². The molecule has 33 heavy (non-hydrogen) atoms. The van der Waals surface area contributed by atoms with E-state index in [0.29, 0.717) is 12.4 Å². The largest absolute Gasteiger partial charge is 0.482 e. The maximum atomic E-state index is 11.5. The number of carbonyl (C=O) groups is 1. The SMILES string of the molecule is CC.CCOC(=O)COc1ccc(Cn2c(-c3ccccc3)c(C)c3cc(C)ccc32)cc1. The monoisotopic (exact) mass is 443 g/mol. The van der Waals surface area contributed by atoms with Crippen molar-refractivity contribution in [1.82, 2.24) is 4.57 Å². The van der Waals surface area contributed by atoms with Crippen molar-refractivity contribution in [2.75, 3.05) is 13.2 Å². The average Bonchev–Trinajstić information content (AvgIpc) is 3.11. The molecule has 0 saturated carbocycles. The number of fused-ring (bicyclic) bond motifs is 1. The molecule has 0 bridgehead atoms. The Bertz CT molecular complexity index is 1190. The van der Waals surface area contributed by atoms with Gasteiger partial charge in [0, 0.05) is 17.4 Å². The number of hydrogen-bond donors (Lipinski definition) is 0. The summed E-state index contributed by atoms with van der Waals surface area (Å²) in [5, 5.41) is 1.29. The number of ether oxygens (including phenoxy) is 2. The minimum absolute atomic E-state index is 0.0773. The summed E-state index contributed by atoms with van der Waals surface area (Å²) in [6.45, 7) is 11.1. The maximum Gasteiger partial charge on any atom is 0.344 e. The summed E-state index contributed by atoms with van der Waals surface area (Å²) in [6, 6.07) is 25.1. The Morgan fingerprint density at radius 2 is 1.61 bits per heavy atom. The summed E-state index contributed by atoms with van der Waals surface area (Å²) in [5.41, 5.74) is 7.39. The van der Waals surface area contributed by atoms with E-state index in [1.54, 1.807) is 6.92 Å². The van der Waals surface area contributed by atoms with E-state index in [0.717, 1.165) is 12.1 Å². The molecule has 0 amide bonds. The van der Waals surface area contributed by atoms with Crippen molar-refractivity contribution < 1.29 is 14.3 Å². The fourth-order valence-corrected chi connectivity index (χ4v) is 3.99. The predicted molar refractivity (Wildman–Crippen MR) is 136 cm³/mol. The van der Waals surface area contributed by atoms with Gasteiger partial charge in [-0.3, -0.25) is 0 Å². The van der Waals surface area contributed by atoms with Gasteiger partial charge < -0.3 is 14.0 Å². The smallest absolute Gasteiger partial charge is 0.344 e. The predicted octanol–water partition coefficient (Wildman–Crippen LogP) is 6.94. The fraction of sp³-hybridized carbons (Fsp3) is 0.276. The first kappa shape index (κ1) is 24.1. The van der Waals surface area contributed by atoms with Crippen LogP contribution in [0.4, 0.5) is 0 Å². The van der Waals surface area contributed by atoms with Crippen LogP contribution in [0.25, 0.3) is 22.2 Å². The number of nitrogens with zero attached hydrogens (tertiary/aromatic N) is 1. The van der Waals surface area contributed by atoms with Crippen LogP contribution in [-0.4, -0.2) is 23.8 Å². The van der Waals surface area contributed by atoms with Crippen molar-refractivity contribution in [1.29, 1.82) is 0 Å². The van der Waals surface area contributed by atoms with Gasteiger partial charge in [0.25, 0.3) is 0 Å². The van der Waals surface area contributed by atoms with Gasteiger partial charge in [0.05, 0.1) is 12.3 Å². The van der Waals surface area contributed by atoms with Gasteiger partial charge >= 0.3 is 5.97 Å². The van der Waals surface area contributed by atoms with Crippen molar-refractivity contribution >= 4 is 16.9 Å². The van der Waals surface area contributed by atoms with Crippen molar-refractivity contribution in [3.05, 3.63) is 89.5 Å². The number of hydrogen-bond acceptors (Lipinski definition) is 3. The second-order valence-electron chi connectivity index (χ2n) is 7.68. The molecule has 0 aliphatic rings. The molecule has 4 aromatic rings. The molecule has 0 radical (unpaired) electrons. The van der Waals surface area contributed by atoms with E-state index < -0.39 is 0 Å². The van der Waals surface area contributed by atoms with Gasteiger partial charge in [-0.05, 0) is 61.7 Å². The molecule has 0 atom stereocenters. The minimum Gasteiger partial charge on any atom is -0.482 e. The summed E-state index contributed by atoms with van der Waals surface area (Å²) in [5.74, 6) is 0.299. The first-order valence-corrected chi connectivity index (χ1v) is 11.6. The lowest BCUT2D eigenvalue weighted by Gasteiger charge is -2.13. The molecule has 0 fully saturated rings. The quantitative estimate of drug-likeness (QED) is 0.290. The van der Waals surface area contributed by atoms with Crippen LogP contribution < -0.4 is 4.74 Å². The topological polar surface area (TPSA) is 40.5 Å². The van der Waals surface area contributed by atoms with Crippen molar-refractivity contribution in [3.8, 4) is 17.0 Å². The lowest BCUT2D eigenvalue weighted by Crippen LogP contribution is -2.14. The normalized spacial score (nSPS) is 10.5. The van der Waals surface area contributed by atoms with Gasteiger partial charge in [-0.15, -0.1) is 0 Å². The van der Waals surface area contributed by atoms with E-state index in [-0.39, 0.29) is 12.6 Å². The minimum atomic E-state index is -0.358. The van der Waals surface area contributed by atoms with Crippen LogP contribution in [0, 0.1) is 13.8 Å². The van der Waals surface area contributed by atoms with Gasteiger partial charge in [0.1, 0.15) is 5.75 Å². The van der Waals surface area contributed by atoms with Crippen LogP contribution in [0.15, 0.2) is 72.8 Å². The molecule has 0 N–H and O–H groups in total. The second kappa shape index (κ2) is 11.4. The zero-order valence-corrected chi connectivity index (χ0v) is 20.2. The number of rotatable bonds is 7. The van der Waals surface area contributed by atoms with Gasteiger partial charge in [-0.1, -0.05) is 67.9 Å².